The van der Waals surface area contributed by atoms with E-state index < -0.39 is 5.91 Å². The number of anilines is 1. The Morgan fingerprint density at radius 1 is 1.56 bits per heavy atom. The zero-order chi connectivity index (χ0) is 13.1. The first-order valence-corrected chi connectivity index (χ1v) is 7.43. The first-order valence-electron chi connectivity index (χ1n) is 5.03. The van der Waals surface area contributed by atoms with Crippen molar-refractivity contribution >= 4 is 54.8 Å². The van der Waals surface area contributed by atoms with Gasteiger partial charge in [-0.3, -0.25) is 9.48 Å². The Morgan fingerprint density at radius 3 is 2.94 bits per heavy atom. The molecule has 0 unspecified atom stereocenters. The molecular formula is C10H10Br2N4OS. The number of aromatic nitrogens is 2. The van der Waals surface area contributed by atoms with Crippen LogP contribution in [0.2, 0.25) is 0 Å². The first kappa shape index (κ1) is 13.6. The lowest BCUT2D eigenvalue weighted by Gasteiger charge is -2.00. The van der Waals surface area contributed by atoms with Crippen molar-refractivity contribution in [2.45, 2.75) is 13.1 Å². The second-order valence-electron chi connectivity index (χ2n) is 3.58. The summed E-state index contributed by atoms with van der Waals surface area (Å²) in [6, 6.07) is 2.05. The van der Waals surface area contributed by atoms with Gasteiger partial charge in [-0.2, -0.15) is 5.10 Å². The number of nitrogens with zero attached hydrogens (tertiary/aromatic N) is 2. The Balaban J connectivity index is 1.93. The molecule has 96 valence electrons. The lowest BCUT2D eigenvalue weighted by molar-refractivity contribution is -0.118. The molecule has 0 saturated heterocycles. The molecule has 0 radical (unpaired) electrons. The largest absolute Gasteiger partial charge is 0.378 e. The standard InChI is InChI=1S/C10H10Br2N4OS/c11-8-1-7(18-10(8)12)3-14-6-2-15-16(4-6)5-9(13)17/h1-2,4,14H,3,5H2,(H2,13,17). The monoisotopic (exact) mass is 392 g/mol. The second-order valence-corrected chi connectivity index (χ2v) is 6.89. The minimum absolute atomic E-state index is 0.0950. The molecule has 2 heterocycles. The van der Waals surface area contributed by atoms with E-state index in [-0.39, 0.29) is 6.54 Å². The van der Waals surface area contributed by atoms with Crippen LogP contribution in [0.1, 0.15) is 4.88 Å². The van der Waals surface area contributed by atoms with Crippen LogP contribution in [0.5, 0.6) is 0 Å². The summed E-state index contributed by atoms with van der Waals surface area (Å²) >= 11 is 8.55. The third-order valence-electron chi connectivity index (χ3n) is 2.11. The maximum absolute atomic E-state index is 10.7. The molecule has 0 saturated carbocycles. The third-order valence-corrected chi connectivity index (χ3v) is 5.37. The van der Waals surface area contributed by atoms with Crippen LogP contribution in [-0.2, 0) is 17.9 Å². The van der Waals surface area contributed by atoms with Crippen molar-refractivity contribution in [2.24, 2.45) is 5.73 Å². The molecular weight excluding hydrogens is 384 g/mol. The van der Waals surface area contributed by atoms with Crippen LogP contribution in [0.3, 0.4) is 0 Å². The highest BCUT2D eigenvalue weighted by atomic mass is 79.9. The van der Waals surface area contributed by atoms with Gasteiger partial charge >= 0.3 is 0 Å². The van der Waals surface area contributed by atoms with Crippen molar-refractivity contribution < 1.29 is 4.79 Å². The normalized spacial score (nSPS) is 10.6. The van der Waals surface area contributed by atoms with Crippen LogP contribution in [0.4, 0.5) is 5.69 Å². The van der Waals surface area contributed by atoms with Gasteiger partial charge < -0.3 is 11.1 Å². The smallest absolute Gasteiger partial charge is 0.239 e. The Morgan fingerprint density at radius 2 is 2.33 bits per heavy atom. The molecule has 0 aliphatic heterocycles. The van der Waals surface area contributed by atoms with E-state index in [0.29, 0.717) is 6.54 Å². The van der Waals surface area contributed by atoms with Crippen LogP contribution in [0, 0.1) is 0 Å². The van der Waals surface area contributed by atoms with Gasteiger partial charge in [0.15, 0.2) is 0 Å². The Bertz CT molecular complexity index is 546. The number of amides is 1. The minimum atomic E-state index is -0.407. The molecule has 0 aliphatic carbocycles. The molecule has 1 amide bonds. The maximum Gasteiger partial charge on any atom is 0.239 e. The highest BCUT2D eigenvalue weighted by Gasteiger charge is 2.05. The Hall–Kier alpha value is -0.860. The van der Waals surface area contributed by atoms with E-state index in [2.05, 4.69) is 48.3 Å². The van der Waals surface area contributed by atoms with Gasteiger partial charge in [0.25, 0.3) is 0 Å². The number of hydrogen-bond acceptors (Lipinski definition) is 4. The van der Waals surface area contributed by atoms with E-state index in [9.17, 15) is 4.79 Å². The number of primary amides is 1. The van der Waals surface area contributed by atoms with Gasteiger partial charge in [0.2, 0.25) is 5.91 Å². The fraction of sp³-hybridized carbons (Fsp3) is 0.200. The molecule has 0 atom stereocenters. The average Bonchev–Trinajstić information content (AvgIpc) is 2.84. The topological polar surface area (TPSA) is 72.9 Å². The maximum atomic E-state index is 10.7. The van der Waals surface area contributed by atoms with Gasteiger partial charge in [0.05, 0.1) is 15.7 Å². The van der Waals surface area contributed by atoms with Gasteiger partial charge in [-0.25, -0.2) is 0 Å². The van der Waals surface area contributed by atoms with Gasteiger partial charge in [-0.05, 0) is 37.9 Å². The van der Waals surface area contributed by atoms with Crippen molar-refractivity contribution in [1.82, 2.24) is 9.78 Å². The highest BCUT2D eigenvalue weighted by molar-refractivity contribution is 9.13. The average molecular weight is 394 g/mol. The van der Waals surface area contributed by atoms with Gasteiger partial charge in [-0.15, -0.1) is 11.3 Å². The SMILES string of the molecule is NC(=O)Cn1cc(NCc2cc(Br)c(Br)s2)cn1. The van der Waals surface area contributed by atoms with E-state index in [1.165, 1.54) is 9.56 Å². The third kappa shape index (κ3) is 3.56. The molecule has 2 aromatic rings. The lowest BCUT2D eigenvalue weighted by Crippen LogP contribution is -2.18. The van der Waals surface area contributed by atoms with Crippen molar-refractivity contribution in [3.8, 4) is 0 Å². The van der Waals surface area contributed by atoms with Crippen LogP contribution in [0.25, 0.3) is 0 Å². The number of halogens is 2. The number of nitrogens with one attached hydrogen (secondary N) is 1. The van der Waals surface area contributed by atoms with E-state index in [4.69, 9.17) is 5.73 Å². The molecule has 0 bridgehead atoms. The molecule has 8 heteroatoms. The summed E-state index contributed by atoms with van der Waals surface area (Å²) in [6.07, 6.45) is 3.42. The summed E-state index contributed by atoms with van der Waals surface area (Å²) in [7, 11) is 0. The van der Waals surface area contributed by atoms with Gasteiger partial charge in [0.1, 0.15) is 6.54 Å². The molecule has 0 spiro atoms. The number of carbonyl (C=O) groups excluding carboxylic acids is 1. The quantitative estimate of drug-likeness (QED) is 0.819. The fourth-order valence-corrected chi connectivity index (χ4v) is 3.49. The van der Waals surface area contributed by atoms with Crippen molar-refractivity contribution in [3.63, 3.8) is 0 Å². The van der Waals surface area contributed by atoms with Gasteiger partial charge in [0, 0.05) is 22.1 Å². The van der Waals surface area contributed by atoms with Crippen molar-refractivity contribution in [1.29, 1.82) is 0 Å². The van der Waals surface area contributed by atoms with Crippen LogP contribution in [0.15, 0.2) is 26.7 Å². The molecule has 5 nitrogen and oxygen atoms in total. The Labute approximate surface area is 125 Å². The summed E-state index contributed by atoms with van der Waals surface area (Å²) < 4.78 is 3.63. The predicted octanol–water partition coefficient (Wildman–Crippen LogP) is 2.57. The van der Waals surface area contributed by atoms with Crippen LogP contribution < -0.4 is 11.1 Å². The molecule has 18 heavy (non-hydrogen) atoms. The number of rotatable bonds is 5. The number of thiophene rings is 1. The molecule has 2 aromatic heterocycles. The summed E-state index contributed by atoms with van der Waals surface area (Å²) in [4.78, 5) is 11.9. The summed E-state index contributed by atoms with van der Waals surface area (Å²) in [5.41, 5.74) is 5.95. The van der Waals surface area contributed by atoms with Crippen LogP contribution in [-0.4, -0.2) is 15.7 Å². The minimum Gasteiger partial charge on any atom is -0.378 e. The van der Waals surface area contributed by atoms with Crippen molar-refractivity contribution in [3.05, 3.63) is 31.6 Å². The molecule has 3 N–H and O–H groups in total. The zero-order valence-corrected chi connectivity index (χ0v) is 13.2. The van der Waals surface area contributed by atoms with E-state index in [0.717, 1.165) is 13.9 Å². The predicted molar refractivity (Wildman–Crippen MR) is 78.5 cm³/mol. The zero-order valence-electron chi connectivity index (χ0n) is 9.19. The van der Waals surface area contributed by atoms with E-state index in [1.54, 1.807) is 23.7 Å². The second kappa shape index (κ2) is 5.85. The number of hydrogen-bond donors (Lipinski definition) is 2. The van der Waals surface area contributed by atoms with E-state index >= 15 is 0 Å². The van der Waals surface area contributed by atoms with Crippen molar-refractivity contribution in [2.75, 3.05) is 5.32 Å². The summed E-state index contributed by atoms with van der Waals surface area (Å²) in [5.74, 6) is -0.407. The summed E-state index contributed by atoms with van der Waals surface area (Å²) in [5, 5.41) is 7.26. The first-order chi connectivity index (χ1) is 8.54. The summed E-state index contributed by atoms with van der Waals surface area (Å²) in [6.45, 7) is 0.801. The van der Waals surface area contributed by atoms with E-state index in [1.807, 2.05) is 0 Å². The molecule has 2 rings (SSSR count). The lowest BCUT2D eigenvalue weighted by atomic mass is 10.4. The number of nitrogens with two attached hydrogens (primary N) is 1. The molecule has 0 aromatic carbocycles. The van der Waals surface area contributed by atoms with Crippen LogP contribution >= 0.6 is 43.2 Å². The number of carbonyl (C=O) groups is 1. The highest BCUT2D eigenvalue weighted by Crippen LogP contribution is 2.32. The fourth-order valence-electron chi connectivity index (χ4n) is 1.37. The Kier molecular flexibility index (Phi) is 4.41. The molecule has 0 aliphatic rings. The molecule has 0 fully saturated rings. The van der Waals surface area contributed by atoms with Gasteiger partial charge in [-0.1, -0.05) is 0 Å².